The number of amides is 1. The third-order valence-electron chi connectivity index (χ3n) is 6.40. The van der Waals surface area contributed by atoms with E-state index in [-0.39, 0.29) is 5.91 Å². The van der Waals surface area contributed by atoms with Gasteiger partial charge in [0.25, 0.3) is 5.91 Å². The van der Waals surface area contributed by atoms with Crippen LogP contribution in [-0.2, 0) is 0 Å². The number of unbranched alkanes of at least 4 members (excludes halogenated alkanes) is 1. The minimum atomic E-state index is 0.0253. The number of carbonyl (C=O) groups is 1. The van der Waals surface area contributed by atoms with E-state index in [1.165, 1.54) is 19.3 Å². The van der Waals surface area contributed by atoms with Crippen LogP contribution in [0.1, 0.15) is 74.0 Å². The third-order valence-corrected chi connectivity index (χ3v) is 7.29. The summed E-state index contributed by atoms with van der Waals surface area (Å²) in [6.45, 7) is 4.94. The number of nitrogens with one attached hydrogen (secondary N) is 1. The van der Waals surface area contributed by atoms with Gasteiger partial charge in [-0.25, -0.2) is 4.98 Å². The maximum atomic E-state index is 13.0. The predicted molar refractivity (Wildman–Crippen MR) is 132 cm³/mol. The second-order valence-corrected chi connectivity index (χ2v) is 9.42. The van der Waals surface area contributed by atoms with Crippen molar-refractivity contribution in [2.75, 3.05) is 13.7 Å². The summed E-state index contributed by atoms with van der Waals surface area (Å²) in [6.07, 6.45) is 8.18. The maximum Gasteiger partial charge on any atom is 0.253 e. The maximum absolute atomic E-state index is 13.0. The van der Waals surface area contributed by atoms with Crippen molar-refractivity contribution in [3.8, 4) is 27.7 Å². The number of hydrogen-bond acceptors (Lipinski definition) is 4. The predicted octanol–water partition coefficient (Wildman–Crippen LogP) is 6.63. The number of hydrogen-bond donors (Lipinski definition) is 1. The molecule has 0 bridgehead atoms. The number of thiazole rings is 1. The van der Waals surface area contributed by atoms with Crippen LogP contribution in [-0.4, -0.2) is 29.1 Å². The summed E-state index contributed by atoms with van der Waals surface area (Å²) in [6, 6.07) is 10.5. The highest BCUT2D eigenvalue weighted by Crippen LogP contribution is 2.38. The number of nitrogens with zero attached hydrogens (tertiary/aromatic N) is 2. The smallest absolute Gasteiger partial charge is 0.253 e. The first kappa shape index (κ1) is 22.6. The Morgan fingerprint density at radius 3 is 2.66 bits per heavy atom. The summed E-state index contributed by atoms with van der Waals surface area (Å²) in [5.41, 5.74) is 4.92. The average Bonchev–Trinajstić information content (AvgIpc) is 3.45. The molecule has 1 aliphatic carbocycles. The molecular formula is C26H33N3O2S. The summed E-state index contributed by atoms with van der Waals surface area (Å²) in [5.74, 6) is 0.864. The second kappa shape index (κ2) is 10.3. The summed E-state index contributed by atoms with van der Waals surface area (Å²) in [4.78, 5) is 17.9. The second-order valence-electron chi connectivity index (χ2n) is 8.57. The zero-order chi connectivity index (χ0) is 22.5. The molecule has 2 aromatic heterocycles. The standard InChI is InChI=1S/C26H33N3O2S/c1-4-5-15-27-25(30)22-16-24(29(18(22)2)20-9-7-6-8-10-20)23-17-32-26(28-23)19-11-13-21(31-3)14-12-19/h11-14,16-17,20H,4-10,15H2,1-3H3,(H,27,30). The molecule has 1 N–H and O–H groups in total. The molecule has 1 amide bonds. The van der Waals surface area contributed by atoms with Gasteiger partial charge < -0.3 is 14.6 Å². The van der Waals surface area contributed by atoms with Crippen molar-refractivity contribution in [3.05, 3.63) is 47.0 Å². The van der Waals surface area contributed by atoms with Crippen molar-refractivity contribution in [2.45, 2.75) is 64.8 Å². The molecule has 1 fully saturated rings. The molecule has 32 heavy (non-hydrogen) atoms. The van der Waals surface area contributed by atoms with Gasteiger partial charge in [-0.05, 0) is 56.5 Å². The minimum absolute atomic E-state index is 0.0253. The normalized spacial score (nSPS) is 14.5. The molecule has 0 saturated heterocycles. The number of aromatic nitrogens is 2. The molecule has 0 aliphatic heterocycles. The van der Waals surface area contributed by atoms with Gasteiger partial charge in [0.2, 0.25) is 0 Å². The Kier molecular flexibility index (Phi) is 7.30. The fraction of sp³-hybridized carbons (Fsp3) is 0.462. The van der Waals surface area contributed by atoms with Crippen LogP contribution in [0.2, 0.25) is 0 Å². The lowest BCUT2D eigenvalue weighted by molar-refractivity contribution is 0.0952. The Hall–Kier alpha value is -2.60. The lowest BCUT2D eigenvalue weighted by Crippen LogP contribution is -2.25. The fourth-order valence-corrected chi connectivity index (χ4v) is 5.41. The van der Waals surface area contributed by atoms with E-state index in [0.29, 0.717) is 6.04 Å². The molecule has 0 radical (unpaired) electrons. The lowest BCUT2D eigenvalue weighted by Gasteiger charge is -2.26. The van der Waals surface area contributed by atoms with Gasteiger partial charge in [0.05, 0.1) is 24.1 Å². The molecule has 1 aliphatic rings. The molecule has 0 atom stereocenters. The fourth-order valence-electron chi connectivity index (χ4n) is 4.59. The van der Waals surface area contributed by atoms with E-state index in [4.69, 9.17) is 9.72 Å². The van der Waals surface area contributed by atoms with Crippen molar-refractivity contribution < 1.29 is 9.53 Å². The molecule has 5 nitrogen and oxygen atoms in total. The quantitative estimate of drug-likeness (QED) is 0.391. The first-order valence-electron chi connectivity index (χ1n) is 11.7. The summed E-state index contributed by atoms with van der Waals surface area (Å²) >= 11 is 1.64. The summed E-state index contributed by atoms with van der Waals surface area (Å²) < 4.78 is 7.67. The molecule has 3 aromatic rings. The minimum Gasteiger partial charge on any atom is -0.497 e. The van der Waals surface area contributed by atoms with Crippen molar-refractivity contribution >= 4 is 17.2 Å². The molecule has 2 heterocycles. The Balaban J connectivity index is 1.69. The largest absolute Gasteiger partial charge is 0.497 e. The van der Waals surface area contributed by atoms with Crippen LogP contribution in [0.25, 0.3) is 22.0 Å². The molecule has 1 saturated carbocycles. The van der Waals surface area contributed by atoms with Gasteiger partial charge in [-0.2, -0.15) is 0 Å². The Morgan fingerprint density at radius 2 is 1.97 bits per heavy atom. The van der Waals surface area contributed by atoms with Crippen LogP contribution in [0.3, 0.4) is 0 Å². The van der Waals surface area contributed by atoms with Gasteiger partial charge in [0.15, 0.2) is 0 Å². The SMILES string of the molecule is CCCCNC(=O)c1cc(-c2csc(-c3ccc(OC)cc3)n2)n(C2CCCCC2)c1C. The Morgan fingerprint density at radius 1 is 1.22 bits per heavy atom. The summed E-state index contributed by atoms with van der Waals surface area (Å²) in [7, 11) is 1.67. The van der Waals surface area contributed by atoms with Crippen LogP contribution >= 0.6 is 11.3 Å². The molecule has 0 spiro atoms. The van der Waals surface area contributed by atoms with Gasteiger partial charge in [-0.15, -0.1) is 11.3 Å². The van der Waals surface area contributed by atoms with Crippen molar-refractivity contribution in [1.82, 2.24) is 14.9 Å². The van der Waals surface area contributed by atoms with Crippen LogP contribution in [0.4, 0.5) is 0 Å². The lowest BCUT2D eigenvalue weighted by atomic mass is 9.95. The number of methoxy groups -OCH3 is 1. The topological polar surface area (TPSA) is 56.1 Å². The van der Waals surface area contributed by atoms with E-state index in [1.54, 1.807) is 18.4 Å². The molecule has 4 rings (SSSR count). The first-order chi connectivity index (χ1) is 15.6. The van der Waals surface area contributed by atoms with E-state index < -0.39 is 0 Å². The molecule has 1 aromatic carbocycles. The zero-order valence-electron chi connectivity index (χ0n) is 19.3. The van der Waals surface area contributed by atoms with Crippen LogP contribution in [0, 0.1) is 6.92 Å². The number of ether oxygens (including phenoxy) is 1. The van der Waals surface area contributed by atoms with E-state index in [9.17, 15) is 4.79 Å². The average molecular weight is 452 g/mol. The first-order valence-corrected chi connectivity index (χ1v) is 12.6. The van der Waals surface area contributed by atoms with Crippen molar-refractivity contribution in [3.63, 3.8) is 0 Å². The van der Waals surface area contributed by atoms with Gasteiger partial charge in [-0.3, -0.25) is 4.79 Å². The van der Waals surface area contributed by atoms with Gasteiger partial charge in [-0.1, -0.05) is 32.6 Å². The Bertz CT molecular complexity index is 1050. The number of rotatable bonds is 8. The summed E-state index contributed by atoms with van der Waals surface area (Å²) in [5, 5.41) is 6.19. The molecule has 6 heteroatoms. The van der Waals surface area contributed by atoms with Crippen LogP contribution < -0.4 is 10.1 Å². The molecular weight excluding hydrogens is 418 g/mol. The van der Waals surface area contributed by atoms with E-state index in [1.807, 2.05) is 24.3 Å². The highest BCUT2D eigenvalue weighted by atomic mass is 32.1. The molecule has 170 valence electrons. The van der Waals surface area contributed by atoms with Crippen molar-refractivity contribution in [2.24, 2.45) is 0 Å². The van der Waals surface area contributed by atoms with Crippen LogP contribution in [0.15, 0.2) is 35.7 Å². The van der Waals surface area contributed by atoms with Gasteiger partial charge in [0.1, 0.15) is 10.8 Å². The van der Waals surface area contributed by atoms with E-state index in [2.05, 4.69) is 35.2 Å². The van der Waals surface area contributed by atoms with E-state index >= 15 is 0 Å². The highest BCUT2D eigenvalue weighted by molar-refractivity contribution is 7.13. The van der Waals surface area contributed by atoms with Gasteiger partial charge in [0, 0.05) is 29.2 Å². The molecule has 0 unspecified atom stereocenters. The highest BCUT2D eigenvalue weighted by Gasteiger charge is 2.26. The third kappa shape index (κ3) is 4.75. The number of carbonyl (C=O) groups excluding carboxylic acids is 1. The monoisotopic (exact) mass is 451 g/mol. The number of benzene rings is 1. The zero-order valence-corrected chi connectivity index (χ0v) is 20.1. The van der Waals surface area contributed by atoms with Crippen LogP contribution in [0.5, 0.6) is 5.75 Å². The van der Waals surface area contributed by atoms with Crippen molar-refractivity contribution in [1.29, 1.82) is 0 Å². The van der Waals surface area contributed by atoms with Gasteiger partial charge >= 0.3 is 0 Å². The van der Waals surface area contributed by atoms with E-state index in [0.717, 1.165) is 71.2 Å². The Labute approximate surface area is 194 Å².